The topological polar surface area (TPSA) is 107 Å². The number of benzene rings is 3. The summed E-state index contributed by atoms with van der Waals surface area (Å²) in [4.78, 5) is 41.1. The maximum absolute atomic E-state index is 12.5. The van der Waals surface area contributed by atoms with Crippen LogP contribution in [-0.4, -0.2) is 36.0 Å². The molecule has 8 heteroatoms. The second kappa shape index (κ2) is 12.1. The van der Waals surface area contributed by atoms with E-state index in [1.54, 1.807) is 60.8 Å². The zero-order valence-electron chi connectivity index (χ0n) is 20.1. The Hall–Kier alpha value is -4.98. The van der Waals surface area contributed by atoms with Crippen LogP contribution >= 0.6 is 0 Å². The van der Waals surface area contributed by atoms with E-state index in [9.17, 15) is 14.4 Å². The molecule has 37 heavy (non-hydrogen) atoms. The fraction of sp³-hybridized carbons (Fsp3) is 0.103. The summed E-state index contributed by atoms with van der Waals surface area (Å²) in [6, 6.07) is 22.9. The number of fused-ring (bicyclic) bond motifs is 1. The second-order valence-electron chi connectivity index (χ2n) is 7.90. The average molecular weight is 496 g/mol. The molecule has 2 N–H and O–H groups in total. The third kappa shape index (κ3) is 7.02. The molecular formula is C29H25N3O5. The largest absolute Gasteiger partial charge is 0.494 e. The first-order chi connectivity index (χ1) is 18.0. The third-order valence-electron chi connectivity index (χ3n) is 5.26. The number of para-hydroxylation sites is 1. The van der Waals surface area contributed by atoms with Gasteiger partial charge in [0, 0.05) is 40.2 Å². The summed E-state index contributed by atoms with van der Waals surface area (Å²) in [7, 11) is 0. The summed E-state index contributed by atoms with van der Waals surface area (Å²) in [5, 5.41) is 6.39. The number of carbonyl (C=O) groups is 3. The summed E-state index contributed by atoms with van der Waals surface area (Å²) in [6.45, 7) is 2.02. The van der Waals surface area contributed by atoms with Gasteiger partial charge in [0.1, 0.15) is 5.75 Å². The van der Waals surface area contributed by atoms with Crippen LogP contribution in [0.4, 0.5) is 11.4 Å². The second-order valence-corrected chi connectivity index (χ2v) is 7.90. The van der Waals surface area contributed by atoms with E-state index in [1.165, 1.54) is 6.08 Å². The summed E-state index contributed by atoms with van der Waals surface area (Å²) in [6.07, 6.45) is 4.55. The molecule has 0 fully saturated rings. The lowest BCUT2D eigenvalue weighted by atomic mass is 10.1. The van der Waals surface area contributed by atoms with Crippen molar-refractivity contribution >= 4 is 46.1 Å². The maximum atomic E-state index is 12.5. The van der Waals surface area contributed by atoms with Crippen LogP contribution in [0.25, 0.3) is 17.0 Å². The molecule has 0 saturated carbocycles. The Bertz CT molecular complexity index is 1430. The molecule has 4 rings (SSSR count). The van der Waals surface area contributed by atoms with Crippen LogP contribution in [0.5, 0.6) is 5.75 Å². The van der Waals surface area contributed by atoms with Crippen molar-refractivity contribution in [3.8, 4) is 5.75 Å². The quantitative estimate of drug-likeness (QED) is 0.248. The Labute approximate surface area is 213 Å². The van der Waals surface area contributed by atoms with Gasteiger partial charge in [-0.3, -0.25) is 14.6 Å². The fourth-order valence-electron chi connectivity index (χ4n) is 3.51. The molecular weight excluding hydrogens is 470 g/mol. The van der Waals surface area contributed by atoms with E-state index in [0.29, 0.717) is 23.5 Å². The standard InChI is InChI=1S/C29H25N3O5/c1-2-36-25-15-13-24(14-16-25)32-29(35)22-8-11-23(12-9-22)31-26(33)19-37-27(34)17-10-21-6-3-5-20-7-4-18-30-28(20)21/h3-18H,2,19H2,1H3,(H,31,33)(H,32,35)/b17-10-. The van der Waals surface area contributed by atoms with Crippen LogP contribution in [0.15, 0.2) is 91.1 Å². The molecule has 1 heterocycles. The molecule has 0 atom stereocenters. The molecule has 3 aromatic carbocycles. The number of amides is 2. The zero-order valence-corrected chi connectivity index (χ0v) is 20.1. The van der Waals surface area contributed by atoms with Gasteiger partial charge < -0.3 is 20.1 Å². The van der Waals surface area contributed by atoms with Crippen molar-refractivity contribution in [2.45, 2.75) is 6.92 Å². The molecule has 4 aromatic rings. The van der Waals surface area contributed by atoms with E-state index in [0.717, 1.165) is 22.2 Å². The molecule has 8 nitrogen and oxygen atoms in total. The van der Waals surface area contributed by atoms with E-state index in [4.69, 9.17) is 9.47 Å². The van der Waals surface area contributed by atoms with Crippen molar-refractivity contribution in [2.75, 3.05) is 23.8 Å². The normalized spacial score (nSPS) is 10.7. The highest BCUT2D eigenvalue weighted by Crippen LogP contribution is 2.18. The molecule has 2 amide bonds. The molecule has 1 aromatic heterocycles. The number of ether oxygens (including phenoxy) is 2. The number of nitrogens with one attached hydrogen (secondary N) is 2. The van der Waals surface area contributed by atoms with Gasteiger partial charge in [-0.25, -0.2) is 4.79 Å². The molecule has 0 spiro atoms. The summed E-state index contributed by atoms with van der Waals surface area (Å²) < 4.78 is 10.4. The van der Waals surface area contributed by atoms with E-state index < -0.39 is 18.5 Å². The van der Waals surface area contributed by atoms with E-state index in [1.807, 2.05) is 37.3 Å². The van der Waals surface area contributed by atoms with Gasteiger partial charge in [0.15, 0.2) is 6.61 Å². The Morgan fingerprint density at radius 3 is 2.32 bits per heavy atom. The molecule has 0 bridgehead atoms. The van der Waals surface area contributed by atoms with Crippen LogP contribution < -0.4 is 15.4 Å². The zero-order chi connectivity index (χ0) is 26.0. The average Bonchev–Trinajstić information content (AvgIpc) is 2.92. The van der Waals surface area contributed by atoms with Crippen molar-refractivity contribution in [1.29, 1.82) is 0 Å². The van der Waals surface area contributed by atoms with Crippen LogP contribution in [0.1, 0.15) is 22.8 Å². The first kappa shape index (κ1) is 25.1. The van der Waals surface area contributed by atoms with Gasteiger partial charge >= 0.3 is 5.97 Å². The molecule has 186 valence electrons. The SMILES string of the molecule is CCOc1ccc(NC(=O)c2ccc(NC(=O)COC(=O)/C=C\c3cccc4cccnc34)cc2)cc1. The van der Waals surface area contributed by atoms with Crippen LogP contribution in [0.3, 0.4) is 0 Å². The van der Waals surface area contributed by atoms with Crippen molar-refractivity contribution in [2.24, 2.45) is 0 Å². The molecule has 0 aliphatic carbocycles. The molecule has 0 aliphatic heterocycles. The van der Waals surface area contributed by atoms with Gasteiger partial charge in [0.2, 0.25) is 0 Å². The lowest BCUT2D eigenvalue weighted by molar-refractivity contribution is -0.142. The highest BCUT2D eigenvalue weighted by atomic mass is 16.5. The minimum atomic E-state index is -0.649. The monoisotopic (exact) mass is 495 g/mol. The van der Waals surface area contributed by atoms with Gasteiger partial charge in [0.25, 0.3) is 11.8 Å². The molecule has 0 aliphatic rings. The smallest absolute Gasteiger partial charge is 0.331 e. The number of aromatic nitrogens is 1. The molecule has 0 radical (unpaired) electrons. The fourth-order valence-corrected chi connectivity index (χ4v) is 3.51. The van der Waals surface area contributed by atoms with Gasteiger partial charge in [-0.2, -0.15) is 0 Å². The van der Waals surface area contributed by atoms with Crippen LogP contribution in [0.2, 0.25) is 0 Å². The van der Waals surface area contributed by atoms with Crippen molar-refractivity contribution in [3.05, 3.63) is 102 Å². The Kier molecular flexibility index (Phi) is 8.23. The highest BCUT2D eigenvalue weighted by Gasteiger charge is 2.09. The van der Waals surface area contributed by atoms with Crippen molar-refractivity contribution in [3.63, 3.8) is 0 Å². The first-order valence-corrected chi connectivity index (χ1v) is 11.6. The summed E-state index contributed by atoms with van der Waals surface area (Å²) >= 11 is 0. The summed E-state index contributed by atoms with van der Waals surface area (Å²) in [5.41, 5.74) is 3.07. The van der Waals surface area contributed by atoms with Gasteiger partial charge in [0.05, 0.1) is 12.1 Å². The number of hydrogen-bond donors (Lipinski definition) is 2. The van der Waals surface area contributed by atoms with Gasteiger partial charge in [-0.1, -0.05) is 24.3 Å². The Morgan fingerprint density at radius 2 is 1.57 bits per heavy atom. The number of carbonyl (C=O) groups excluding carboxylic acids is 3. The van der Waals surface area contributed by atoms with Gasteiger partial charge in [-0.15, -0.1) is 0 Å². The molecule has 0 unspecified atom stereocenters. The van der Waals surface area contributed by atoms with Gasteiger partial charge in [-0.05, 0) is 67.6 Å². The Morgan fingerprint density at radius 1 is 0.865 bits per heavy atom. The first-order valence-electron chi connectivity index (χ1n) is 11.6. The number of hydrogen-bond acceptors (Lipinski definition) is 6. The lowest BCUT2D eigenvalue weighted by Crippen LogP contribution is -2.20. The van der Waals surface area contributed by atoms with Crippen molar-refractivity contribution in [1.82, 2.24) is 4.98 Å². The number of esters is 1. The lowest BCUT2D eigenvalue weighted by Gasteiger charge is -2.09. The van der Waals surface area contributed by atoms with Crippen LogP contribution in [-0.2, 0) is 14.3 Å². The Balaban J connectivity index is 1.25. The van der Waals surface area contributed by atoms with E-state index in [2.05, 4.69) is 15.6 Å². The van der Waals surface area contributed by atoms with E-state index in [-0.39, 0.29) is 5.91 Å². The number of pyridine rings is 1. The number of rotatable bonds is 9. The van der Waals surface area contributed by atoms with E-state index >= 15 is 0 Å². The number of anilines is 2. The maximum Gasteiger partial charge on any atom is 0.331 e. The highest BCUT2D eigenvalue weighted by molar-refractivity contribution is 6.04. The predicted octanol–water partition coefficient (Wildman–Crippen LogP) is 5.08. The minimum absolute atomic E-state index is 0.288. The minimum Gasteiger partial charge on any atom is -0.494 e. The van der Waals surface area contributed by atoms with Crippen molar-refractivity contribution < 1.29 is 23.9 Å². The predicted molar refractivity (Wildman–Crippen MR) is 142 cm³/mol. The molecule has 0 saturated heterocycles. The van der Waals surface area contributed by atoms with Crippen LogP contribution in [0, 0.1) is 0 Å². The summed E-state index contributed by atoms with van der Waals surface area (Å²) in [5.74, 6) is -0.710. The number of nitrogens with zero attached hydrogens (tertiary/aromatic N) is 1. The third-order valence-corrected chi connectivity index (χ3v) is 5.26.